The van der Waals surface area contributed by atoms with Gasteiger partial charge in [0.1, 0.15) is 5.82 Å². The first kappa shape index (κ1) is 19.9. The third kappa shape index (κ3) is 4.66. The number of hydrogen-bond acceptors (Lipinski definition) is 5. The SMILES string of the molecule is Fc1cccc(N2CCN(CCCCc3cn(CC4C[C@H]5CCC4C5)nn3)CC2)n1. The highest BCUT2D eigenvalue weighted by atomic mass is 19.1. The molecule has 2 aromatic rings. The van der Waals surface area contributed by atoms with E-state index in [1.54, 1.807) is 6.07 Å². The Morgan fingerprint density at radius 1 is 1.03 bits per heavy atom. The van der Waals surface area contributed by atoms with Crippen LogP contribution in [0.1, 0.15) is 44.2 Å². The number of aromatic nitrogens is 4. The number of pyridine rings is 1. The van der Waals surface area contributed by atoms with Crippen molar-refractivity contribution in [1.82, 2.24) is 24.9 Å². The zero-order chi connectivity index (χ0) is 20.3. The minimum atomic E-state index is -0.401. The molecule has 3 aliphatic rings. The number of hydrogen-bond donors (Lipinski definition) is 0. The quantitative estimate of drug-likeness (QED) is 0.491. The predicted octanol–water partition coefficient (Wildman–Crippen LogP) is 3.39. The van der Waals surface area contributed by atoms with Gasteiger partial charge in [0.05, 0.1) is 5.69 Å². The van der Waals surface area contributed by atoms with Gasteiger partial charge in [-0.05, 0) is 75.0 Å². The summed E-state index contributed by atoms with van der Waals surface area (Å²) in [5.74, 6) is 3.12. The van der Waals surface area contributed by atoms with Gasteiger partial charge in [-0.3, -0.25) is 9.58 Å². The second kappa shape index (κ2) is 9.00. The highest BCUT2D eigenvalue weighted by Crippen LogP contribution is 2.48. The molecule has 30 heavy (non-hydrogen) atoms. The van der Waals surface area contributed by atoms with E-state index in [9.17, 15) is 4.39 Å². The Kier molecular flexibility index (Phi) is 5.97. The zero-order valence-electron chi connectivity index (χ0n) is 17.8. The van der Waals surface area contributed by atoms with Gasteiger partial charge < -0.3 is 4.90 Å². The van der Waals surface area contributed by atoms with Crippen LogP contribution in [0.4, 0.5) is 10.2 Å². The highest BCUT2D eigenvalue weighted by Gasteiger charge is 2.39. The van der Waals surface area contributed by atoms with Crippen LogP contribution in [0, 0.1) is 23.7 Å². The molecule has 2 aromatic heterocycles. The van der Waals surface area contributed by atoms with Crippen LogP contribution in [0.3, 0.4) is 0 Å². The Morgan fingerprint density at radius 3 is 2.70 bits per heavy atom. The van der Waals surface area contributed by atoms with E-state index in [1.807, 2.05) is 6.07 Å². The summed E-state index contributed by atoms with van der Waals surface area (Å²) in [5.41, 5.74) is 1.14. The maximum atomic E-state index is 13.3. The molecule has 3 fully saturated rings. The van der Waals surface area contributed by atoms with Crippen molar-refractivity contribution in [2.24, 2.45) is 17.8 Å². The number of halogens is 1. The van der Waals surface area contributed by atoms with Gasteiger partial charge in [0, 0.05) is 38.9 Å². The largest absolute Gasteiger partial charge is 0.354 e. The second-order valence-corrected chi connectivity index (χ2v) is 9.47. The number of piperazine rings is 1. The molecule has 0 radical (unpaired) electrons. The summed E-state index contributed by atoms with van der Waals surface area (Å²) in [4.78, 5) is 8.68. The summed E-state index contributed by atoms with van der Waals surface area (Å²) < 4.78 is 15.4. The standard InChI is InChI=1S/C23H33FN6/c24-22-5-3-6-23(25-22)29-12-10-28(11-13-29)9-2-1-4-21-17-30(27-26-21)16-20-15-18-7-8-19(20)14-18/h3,5-6,17-20H,1-2,4,7-16H2/t18-,19?,20?/m0/s1. The smallest absolute Gasteiger partial charge is 0.214 e. The fourth-order valence-corrected chi connectivity index (χ4v) is 5.80. The predicted molar refractivity (Wildman–Crippen MR) is 115 cm³/mol. The molecular formula is C23H33FN6. The van der Waals surface area contributed by atoms with Gasteiger partial charge >= 0.3 is 0 Å². The Hall–Kier alpha value is -2.02. The molecule has 0 amide bonds. The molecule has 2 unspecified atom stereocenters. The number of nitrogens with zero attached hydrogens (tertiary/aromatic N) is 6. The lowest BCUT2D eigenvalue weighted by molar-refractivity contribution is 0.252. The molecule has 0 spiro atoms. The molecule has 6 nitrogen and oxygen atoms in total. The molecule has 2 aliphatic carbocycles. The first-order chi connectivity index (χ1) is 14.7. The number of aryl methyl sites for hydroxylation is 1. The van der Waals surface area contributed by atoms with E-state index >= 15 is 0 Å². The maximum absolute atomic E-state index is 13.3. The summed E-state index contributed by atoms with van der Waals surface area (Å²) in [7, 11) is 0. The summed E-state index contributed by atoms with van der Waals surface area (Å²) in [6, 6.07) is 5.03. The van der Waals surface area contributed by atoms with Crippen LogP contribution in [0.25, 0.3) is 0 Å². The monoisotopic (exact) mass is 412 g/mol. The molecule has 7 heteroatoms. The number of fused-ring (bicyclic) bond motifs is 2. The van der Waals surface area contributed by atoms with E-state index in [2.05, 4.69) is 36.0 Å². The van der Waals surface area contributed by atoms with Gasteiger partial charge in [-0.15, -0.1) is 5.10 Å². The summed E-state index contributed by atoms with van der Waals surface area (Å²) in [6.45, 7) is 6.03. The van der Waals surface area contributed by atoms with Crippen molar-refractivity contribution in [2.75, 3.05) is 37.6 Å². The fraction of sp³-hybridized carbons (Fsp3) is 0.696. The highest BCUT2D eigenvalue weighted by molar-refractivity contribution is 5.38. The Balaban J connectivity index is 0.993. The molecule has 1 aliphatic heterocycles. The number of anilines is 1. The summed E-state index contributed by atoms with van der Waals surface area (Å²) in [6.07, 6.45) is 11.3. The third-order valence-electron chi connectivity index (χ3n) is 7.45. The van der Waals surface area contributed by atoms with Gasteiger partial charge in [-0.1, -0.05) is 17.7 Å². The minimum absolute atomic E-state index is 0.401. The van der Waals surface area contributed by atoms with E-state index in [-0.39, 0.29) is 0 Å². The van der Waals surface area contributed by atoms with Crippen LogP contribution in [-0.2, 0) is 13.0 Å². The molecule has 0 aromatic carbocycles. The van der Waals surface area contributed by atoms with Gasteiger partial charge in [-0.25, -0.2) is 4.98 Å². The van der Waals surface area contributed by atoms with Gasteiger partial charge in [0.15, 0.2) is 0 Å². The molecule has 5 rings (SSSR count). The van der Waals surface area contributed by atoms with Gasteiger partial charge in [0.25, 0.3) is 0 Å². The lowest BCUT2D eigenvalue weighted by Gasteiger charge is -2.35. The first-order valence-corrected chi connectivity index (χ1v) is 11.7. The van der Waals surface area contributed by atoms with Crippen LogP contribution < -0.4 is 4.90 Å². The van der Waals surface area contributed by atoms with E-state index in [1.165, 1.54) is 38.2 Å². The van der Waals surface area contributed by atoms with Crippen molar-refractivity contribution in [2.45, 2.75) is 51.5 Å². The summed E-state index contributed by atoms with van der Waals surface area (Å²) in [5, 5.41) is 8.80. The number of unbranched alkanes of at least 4 members (excludes halogenated alkanes) is 1. The van der Waals surface area contributed by atoms with Crippen molar-refractivity contribution < 1.29 is 4.39 Å². The second-order valence-electron chi connectivity index (χ2n) is 9.47. The van der Waals surface area contributed by atoms with Gasteiger partial charge in [0.2, 0.25) is 5.95 Å². The van der Waals surface area contributed by atoms with Crippen molar-refractivity contribution in [3.8, 4) is 0 Å². The first-order valence-electron chi connectivity index (χ1n) is 11.7. The van der Waals surface area contributed by atoms with E-state index < -0.39 is 5.95 Å². The van der Waals surface area contributed by atoms with E-state index in [0.29, 0.717) is 0 Å². The van der Waals surface area contributed by atoms with Crippen LogP contribution in [0.2, 0.25) is 0 Å². The summed E-state index contributed by atoms with van der Waals surface area (Å²) >= 11 is 0. The van der Waals surface area contributed by atoms with Crippen LogP contribution in [0.15, 0.2) is 24.4 Å². The van der Waals surface area contributed by atoms with Gasteiger partial charge in [-0.2, -0.15) is 4.39 Å². The topological polar surface area (TPSA) is 50.1 Å². The third-order valence-corrected chi connectivity index (χ3v) is 7.45. The zero-order valence-corrected chi connectivity index (χ0v) is 17.8. The maximum Gasteiger partial charge on any atom is 0.214 e. The molecule has 162 valence electrons. The lowest BCUT2D eigenvalue weighted by atomic mass is 9.89. The Labute approximate surface area is 178 Å². The van der Waals surface area contributed by atoms with Crippen LogP contribution in [-0.4, -0.2) is 57.6 Å². The van der Waals surface area contributed by atoms with Crippen molar-refractivity contribution >= 4 is 5.82 Å². The molecular weight excluding hydrogens is 379 g/mol. The lowest BCUT2D eigenvalue weighted by Crippen LogP contribution is -2.47. The van der Waals surface area contributed by atoms with Crippen molar-refractivity contribution in [3.05, 3.63) is 36.0 Å². The minimum Gasteiger partial charge on any atom is -0.354 e. The average Bonchev–Trinajstić information content (AvgIpc) is 3.49. The molecule has 2 bridgehead atoms. The Morgan fingerprint density at radius 2 is 1.93 bits per heavy atom. The Bertz CT molecular complexity index is 831. The van der Waals surface area contributed by atoms with Crippen molar-refractivity contribution in [3.63, 3.8) is 0 Å². The molecule has 1 saturated heterocycles. The van der Waals surface area contributed by atoms with E-state index in [4.69, 9.17) is 0 Å². The fourth-order valence-electron chi connectivity index (χ4n) is 5.80. The normalized spacial score (nSPS) is 26.6. The van der Waals surface area contributed by atoms with E-state index in [0.717, 1.165) is 81.4 Å². The molecule has 0 N–H and O–H groups in total. The van der Waals surface area contributed by atoms with Crippen molar-refractivity contribution in [1.29, 1.82) is 0 Å². The average molecular weight is 413 g/mol. The molecule has 3 heterocycles. The molecule has 3 atom stereocenters. The molecule has 2 saturated carbocycles. The van der Waals surface area contributed by atoms with Crippen LogP contribution in [0.5, 0.6) is 0 Å². The number of rotatable bonds is 8. The van der Waals surface area contributed by atoms with Crippen LogP contribution >= 0.6 is 0 Å².